The van der Waals surface area contributed by atoms with Crippen LogP contribution in [0.15, 0.2) is 0 Å². The van der Waals surface area contributed by atoms with Gasteiger partial charge in [-0.05, 0) is 6.54 Å². The van der Waals surface area contributed by atoms with E-state index >= 15 is 0 Å². The minimum absolute atomic E-state index is 0.417. The van der Waals surface area contributed by atoms with Crippen molar-refractivity contribution in [1.82, 2.24) is 5.32 Å². The number of aliphatic hydroxyl groups is 5. The Bertz CT molecular complexity index is 134. The van der Waals surface area contributed by atoms with Gasteiger partial charge in [0.15, 0.2) is 0 Å². The topological polar surface area (TPSA) is 113 Å². The molecule has 0 unspecified atom stereocenters. The van der Waals surface area contributed by atoms with Gasteiger partial charge in [0.1, 0.15) is 24.5 Å². The summed E-state index contributed by atoms with van der Waals surface area (Å²) in [5, 5.41) is 47.2. The highest BCUT2D eigenvalue weighted by Gasteiger charge is 2.29. The molecule has 0 heterocycles. The van der Waals surface area contributed by atoms with Gasteiger partial charge < -0.3 is 25.5 Å². The maximum absolute atomic E-state index is 9.19. The quantitative estimate of drug-likeness (QED) is 0.252. The maximum atomic E-state index is 9.19. The minimum atomic E-state index is -1.57. The van der Waals surface area contributed by atoms with E-state index in [4.69, 9.17) is 20.4 Å². The van der Waals surface area contributed by atoms with Crippen LogP contribution in [-0.4, -0.2) is 63.2 Å². The van der Waals surface area contributed by atoms with Crippen LogP contribution in [0.3, 0.4) is 0 Å². The second-order valence-corrected chi connectivity index (χ2v) is 2.73. The highest BCUT2D eigenvalue weighted by atomic mass is 16.4. The van der Waals surface area contributed by atoms with Crippen molar-refractivity contribution in [2.75, 3.05) is 13.2 Å². The fourth-order valence-electron chi connectivity index (χ4n) is 0.852. The summed E-state index contributed by atoms with van der Waals surface area (Å²) in [6.07, 6.45) is -5.87. The van der Waals surface area contributed by atoms with Crippen LogP contribution in [0.2, 0.25) is 0 Å². The molecule has 4 atom stereocenters. The highest BCUT2D eigenvalue weighted by molar-refractivity contribution is 4.78. The van der Waals surface area contributed by atoms with E-state index in [-0.39, 0.29) is 0 Å². The monoisotopic (exact) mass is 195 g/mol. The van der Waals surface area contributed by atoms with Crippen LogP contribution in [0.25, 0.3) is 0 Å². The van der Waals surface area contributed by atoms with E-state index in [0.717, 1.165) is 0 Å². The van der Waals surface area contributed by atoms with Crippen LogP contribution < -0.4 is 5.32 Å². The third-order valence-corrected chi connectivity index (χ3v) is 1.67. The molecule has 0 bridgehead atoms. The van der Waals surface area contributed by atoms with E-state index in [1.807, 2.05) is 0 Å². The van der Waals surface area contributed by atoms with Crippen molar-refractivity contribution in [3.8, 4) is 0 Å². The predicted molar refractivity (Wildman–Crippen MR) is 44.8 cm³/mol. The first-order valence-electron chi connectivity index (χ1n) is 4.11. The van der Waals surface area contributed by atoms with E-state index in [9.17, 15) is 5.11 Å². The Hall–Kier alpha value is -0.240. The molecule has 0 aliphatic carbocycles. The summed E-state index contributed by atoms with van der Waals surface area (Å²) in [4.78, 5) is 0. The summed E-state index contributed by atoms with van der Waals surface area (Å²) in [6.45, 7) is 1.46. The number of hydrogen-bond donors (Lipinski definition) is 6. The average Bonchev–Trinajstić information content (AvgIpc) is 2.14. The molecule has 0 radical (unpaired) electrons. The molecule has 0 saturated carbocycles. The summed E-state index contributed by atoms with van der Waals surface area (Å²) in [5.41, 5.74) is 0. The molecule has 0 aliphatic heterocycles. The van der Waals surface area contributed by atoms with Crippen LogP contribution in [0.5, 0.6) is 0 Å². The molecule has 0 rings (SSSR count). The average molecular weight is 195 g/mol. The molecule has 0 saturated heterocycles. The van der Waals surface area contributed by atoms with Crippen LogP contribution in [0.4, 0.5) is 0 Å². The number of rotatable bonds is 6. The molecule has 6 heteroatoms. The summed E-state index contributed by atoms with van der Waals surface area (Å²) in [7, 11) is 0. The first-order valence-corrected chi connectivity index (χ1v) is 4.11. The Morgan fingerprint density at radius 2 is 1.62 bits per heavy atom. The Balaban J connectivity index is 3.99. The standard InChI is InChI=1S/C7H17NO5/c1-2-8-7(13)6(12)5(11)4(10)3-9/h4-13H,2-3H2,1H3/t4-,5-,6+,7-/m1/s1. The van der Waals surface area contributed by atoms with Gasteiger partial charge in [-0.2, -0.15) is 0 Å². The van der Waals surface area contributed by atoms with E-state index in [1.165, 1.54) is 0 Å². The third-order valence-electron chi connectivity index (χ3n) is 1.67. The molecular formula is C7H17NO5. The molecule has 80 valence electrons. The third kappa shape index (κ3) is 3.99. The van der Waals surface area contributed by atoms with Crippen molar-refractivity contribution in [3.63, 3.8) is 0 Å². The fourth-order valence-corrected chi connectivity index (χ4v) is 0.852. The fraction of sp³-hybridized carbons (Fsp3) is 1.00. The van der Waals surface area contributed by atoms with Gasteiger partial charge in [0.2, 0.25) is 0 Å². The van der Waals surface area contributed by atoms with E-state index in [1.54, 1.807) is 6.92 Å². The van der Waals surface area contributed by atoms with Gasteiger partial charge >= 0.3 is 0 Å². The van der Waals surface area contributed by atoms with Crippen LogP contribution in [-0.2, 0) is 0 Å². The molecular weight excluding hydrogens is 178 g/mol. The highest BCUT2D eigenvalue weighted by Crippen LogP contribution is 2.02. The molecule has 0 aromatic carbocycles. The second kappa shape index (κ2) is 6.25. The molecule has 0 spiro atoms. The van der Waals surface area contributed by atoms with E-state index in [2.05, 4.69) is 5.32 Å². The molecule has 6 N–H and O–H groups in total. The summed E-state index contributed by atoms with van der Waals surface area (Å²) >= 11 is 0. The van der Waals surface area contributed by atoms with Gasteiger partial charge in [-0.25, -0.2) is 0 Å². The lowest BCUT2D eigenvalue weighted by molar-refractivity contribution is -0.121. The summed E-state index contributed by atoms with van der Waals surface area (Å²) < 4.78 is 0. The van der Waals surface area contributed by atoms with Gasteiger partial charge in [-0.1, -0.05) is 6.92 Å². The lowest BCUT2D eigenvalue weighted by Crippen LogP contribution is -2.51. The van der Waals surface area contributed by atoms with Gasteiger partial charge in [0, 0.05) is 0 Å². The molecule has 13 heavy (non-hydrogen) atoms. The van der Waals surface area contributed by atoms with Crippen molar-refractivity contribution in [1.29, 1.82) is 0 Å². The van der Waals surface area contributed by atoms with Gasteiger partial charge in [0.05, 0.1) is 6.61 Å². The normalized spacial score (nSPS) is 20.8. The summed E-state index contributed by atoms with van der Waals surface area (Å²) in [5.74, 6) is 0. The van der Waals surface area contributed by atoms with Crippen molar-refractivity contribution in [2.45, 2.75) is 31.5 Å². The number of aliphatic hydroxyl groups excluding tert-OH is 5. The zero-order valence-electron chi connectivity index (χ0n) is 7.46. The Morgan fingerprint density at radius 3 is 2.00 bits per heavy atom. The lowest BCUT2D eigenvalue weighted by atomic mass is 10.1. The molecule has 0 amide bonds. The minimum Gasteiger partial charge on any atom is -0.394 e. The van der Waals surface area contributed by atoms with Crippen molar-refractivity contribution in [2.24, 2.45) is 0 Å². The van der Waals surface area contributed by atoms with Gasteiger partial charge in [-0.3, -0.25) is 5.32 Å². The number of likely N-dealkylation sites (N-methyl/N-ethyl adjacent to an activating group) is 1. The first kappa shape index (κ1) is 12.8. The van der Waals surface area contributed by atoms with E-state index in [0.29, 0.717) is 6.54 Å². The zero-order valence-corrected chi connectivity index (χ0v) is 7.46. The maximum Gasteiger partial charge on any atom is 0.133 e. The molecule has 0 aliphatic rings. The van der Waals surface area contributed by atoms with E-state index < -0.39 is 31.1 Å². The summed E-state index contributed by atoms with van der Waals surface area (Å²) in [6, 6.07) is 0. The second-order valence-electron chi connectivity index (χ2n) is 2.73. The Labute approximate surface area is 76.4 Å². The van der Waals surface area contributed by atoms with Crippen molar-refractivity contribution in [3.05, 3.63) is 0 Å². The van der Waals surface area contributed by atoms with Crippen molar-refractivity contribution < 1.29 is 25.5 Å². The van der Waals surface area contributed by atoms with Crippen LogP contribution in [0, 0.1) is 0 Å². The predicted octanol–water partition coefficient (Wildman–Crippen LogP) is -3.01. The smallest absolute Gasteiger partial charge is 0.133 e. The van der Waals surface area contributed by atoms with Gasteiger partial charge in [-0.15, -0.1) is 0 Å². The van der Waals surface area contributed by atoms with Crippen molar-refractivity contribution >= 4 is 0 Å². The zero-order chi connectivity index (χ0) is 10.4. The molecule has 6 nitrogen and oxygen atoms in total. The molecule has 0 fully saturated rings. The first-order chi connectivity index (χ1) is 6.04. The van der Waals surface area contributed by atoms with Crippen LogP contribution in [0.1, 0.15) is 6.92 Å². The molecule has 0 aromatic rings. The van der Waals surface area contributed by atoms with Crippen LogP contribution >= 0.6 is 0 Å². The SMILES string of the molecule is CCN[C@H](O)[C@@H](O)[C@H](O)[C@H](O)CO. The molecule has 0 aromatic heterocycles. The Morgan fingerprint density at radius 1 is 1.08 bits per heavy atom. The lowest BCUT2D eigenvalue weighted by Gasteiger charge is -2.25. The number of hydrogen-bond acceptors (Lipinski definition) is 6. The number of nitrogens with one attached hydrogen (secondary N) is 1. The largest absolute Gasteiger partial charge is 0.394 e. The Kier molecular flexibility index (Phi) is 6.13. The van der Waals surface area contributed by atoms with Gasteiger partial charge in [0.25, 0.3) is 0 Å².